The molecule has 0 aromatic rings. The molecule has 0 heterocycles. The molecule has 0 unspecified atom stereocenters. The van der Waals surface area contributed by atoms with Gasteiger partial charge in [-0.05, 0) is 0 Å². The average Bonchev–Trinajstić information content (AvgIpc) is 2.10. The zero-order chi connectivity index (χ0) is 16.1. The van der Waals surface area contributed by atoms with Crippen LogP contribution in [0.15, 0.2) is 0 Å². The van der Waals surface area contributed by atoms with Gasteiger partial charge in [-0.15, -0.1) is 0 Å². The Balaban J connectivity index is -0.000000602. The molecule has 0 saturated carbocycles. The molecule has 10 nitrogen and oxygen atoms in total. The third kappa shape index (κ3) is 10.7. The molecule has 23 heavy (non-hydrogen) atoms. The van der Waals surface area contributed by atoms with Crippen LogP contribution in [-0.2, 0) is 35.7 Å². The van der Waals surface area contributed by atoms with E-state index < -0.39 is 60.6 Å². The Bertz CT molecular complexity index is 377. The molecular formula is C10H16N2Na2NiO8+4. The van der Waals surface area contributed by atoms with E-state index in [-0.39, 0.29) is 75.6 Å². The van der Waals surface area contributed by atoms with Crippen LogP contribution in [0, 0.1) is 0 Å². The van der Waals surface area contributed by atoms with E-state index in [9.17, 15) is 19.2 Å². The molecule has 0 aromatic carbocycles. The number of carbonyl (C=O) groups is 4. The van der Waals surface area contributed by atoms with E-state index in [1.54, 1.807) is 0 Å². The van der Waals surface area contributed by atoms with Crippen LogP contribution in [-0.4, -0.2) is 55.4 Å². The van der Waals surface area contributed by atoms with Crippen LogP contribution in [0.2, 0.25) is 0 Å². The molecule has 0 aliphatic heterocycles. The van der Waals surface area contributed by atoms with Crippen molar-refractivity contribution in [3.8, 4) is 0 Å². The largest absolute Gasteiger partial charge is 2.00 e. The second kappa shape index (κ2) is 12.6. The molecule has 0 radical (unpaired) electrons. The third-order valence-corrected chi connectivity index (χ3v) is 2.86. The topological polar surface area (TPSA) is 201 Å². The Morgan fingerprint density at radius 2 is 0.739 bits per heavy atom. The standard InChI is InChI=1S/C10H16N2O8.2Na.Ni/c11-9(1-5(13)14,2-6(15)16)10(12,3-7(17)18)4-8(19)20;;;/h1-4,11-12H2,(H,13,14)(H,15,16)(H,17,18)(H,19,20);;;/q;2*+1;+2. The number of rotatable bonds is 9. The van der Waals surface area contributed by atoms with Gasteiger partial charge in [0.25, 0.3) is 0 Å². The molecule has 0 rings (SSSR count). The van der Waals surface area contributed by atoms with E-state index >= 15 is 0 Å². The maximum atomic E-state index is 10.8. The summed E-state index contributed by atoms with van der Waals surface area (Å²) in [6, 6.07) is 0. The first kappa shape index (κ1) is 31.1. The Labute approximate surface area is 185 Å². The summed E-state index contributed by atoms with van der Waals surface area (Å²) in [4.78, 5) is 43.2. The van der Waals surface area contributed by atoms with Crippen molar-refractivity contribution >= 4 is 23.9 Å². The van der Waals surface area contributed by atoms with E-state index in [1.807, 2.05) is 0 Å². The average molecular weight is 397 g/mol. The van der Waals surface area contributed by atoms with Gasteiger partial charge in [0.15, 0.2) is 0 Å². The maximum absolute atomic E-state index is 10.8. The predicted molar refractivity (Wildman–Crippen MR) is 62.8 cm³/mol. The van der Waals surface area contributed by atoms with Crippen LogP contribution in [0.4, 0.5) is 0 Å². The molecular weight excluding hydrogens is 381 g/mol. The first-order valence-electron chi connectivity index (χ1n) is 5.37. The minimum Gasteiger partial charge on any atom is -0.481 e. The van der Waals surface area contributed by atoms with Gasteiger partial charge in [0, 0.05) is 0 Å². The van der Waals surface area contributed by atoms with Gasteiger partial charge >= 0.3 is 99.5 Å². The number of hydrogen-bond acceptors (Lipinski definition) is 6. The number of aliphatic carboxylic acids is 4. The number of hydrogen-bond donors (Lipinski definition) is 6. The minimum atomic E-state index is -2.22. The van der Waals surface area contributed by atoms with Crippen molar-refractivity contribution in [2.75, 3.05) is 0 Å². The summed E-state index contributed by atoms with van der Waals surface area (Å²) in [5.41, 5.74) is 6.88. The van der Waals surface area contributed by atoms with Crippen LogP contribution < -0.4 is 70.6 Å². The summed E-state index contributed by atoms with van der Waals surface area (Å²) in [5, 5.41) is 35.1. The summed E-state index contributed by atoms with van der Waals surface area (Å²) in [7, 11) is 0. The number of nitrogens with two attached hydrogens (primary N) is 2. The Kier molecular flexibility index (Phi) is 17.1. The SMILES string of the molecule is NC(CC(=O)O)(CC(=O)O)C(N)(CC(=O)O)CC(=O)O.[Na+].[Na+].[Ni+2]. The van der Waals surface area contributed by atoms with Crippen molar-refractivity contribution in [2.24, 2.45) is 11.5 Å². The van der Waals surface area contributed by atoms with Gasteiger partial charge < -0.3 is 31.9 Å². The van der Waals surface area contributed by atoms with Gasteiger partial charge in [-0.1, -0.05) is 0 Å². The third-order valence-electron chi connectivity index (χ3n) is 2.86. The summed E-state index contributed by atoms with van der Waals surface area (Å²) in [5.74, 6) is -6.06. The zero-order valence-corrected chi connectivity index (χ0v) is 17.7. The van der Waals surface area contributed by atoms with Crippen molar-refractivity contribution in [1.29, 1.82) is 0 Å². The summed E-state index contributed by atoms with van der Waals surface area (Å²) >= 11 is 0. The fourth-order valence-corrected chi connectivity index (χ4v) is 1.91. The van der Waals surface area contributed by atoms with E-state index in [0.29, 0.717) is 0 Å². The second-order valence-corrected chi connectivity index (χ2v) is 4.59. The number of carboxylic acid groups (broad SMARTS) is 4. The zero-order valence-electron chi connectivity index (χ0n) is 12.7. The Hall–Kier alpha value is 0.294. The van der Waals surface area contributed by atoms with Crippen LogP contribution in [0.1, 0.15) is 25.7 Å². The maximum Gasteiger partial charge on any atom is 2.00 e. The molecule has 0 aliphatic carbocycles. The fraction of sp³-hybridized carbons (Fsp3) is 0.600. The molecule has 0 atom stereocenters. The quantitative estimate of drug-likeness (QED) is 0.203. The van der Waals surface area contributed by atoms with Crippen molar-refractivity contribution in [3.63, 3.8) is 0 Å². The molecule has 8 N–H and O–H groups in total. The smallest absolute Gasteiger partial charge is 0.481 e. The van der Waals surface area contributed by atoms with Gasteiger partial charge in [-0.2, -0.15) is 0 Å². The van der Waals surface area contributed by atoms with E-state index in [0.717, 1.165) is 0 Å². The Morgan fingerprint density at radius 1 is 0.609 bits per heavy atom. The van der Waals surface area contributed by atoms with Gasteiger partial charge in [0.2, 0.25) is 0 Å². The fourth-order valence-electron chi connectivity index (χ4n) is 1.91. The van der Waals surface area contributed by atoms with Crippen molar-refractivity contribution in [1.82, 2.24) is 0 Å². The molecule has 0 spiro atoms. The van der Waals surface area contributed by atoms with Gasteiger partial charge in [-0.3, -0.25) is 19.2 Å². The Morgan fingerprint density at radius 3 is 0.826 bits per heavy atom. The van der Waals surface area contributed by atoms with Crippen molar-refractivity contribution in [3.05, 3.63) is 0 Å². The van der Waals surface area contributed by atoms with E-state index in [4.69, 9.17) is 31.9 Å². The van der Waals surface area contributed by atoms with E-state index in [1.165, 1.54) is 0 Å². The second-order valence-electron chi connectivity index (χ2n) is 4.59. The molecule has 0 aliphatic rings. The first-order chi connectivity index (χ1) is 8.92. The monoisotopic (exact) mass is 396 g/mol. The molecule has 0 fully saturated rings. The van der Waals surface area contributed by atoms with E-state index in [2.05, 4.69) is 0 Å². The van der Waals surface area contributed by atoms with Crippen LogP contribution in [0.3, 0.4) is 0 Å². The molecule has 0 aromatic heterocycles. The van der Waals surface area contributed by atoms with Crippen LogP contribution in [0.25, 0.3) is 0 Å². The van der Waals surface area contributed by atoms with Crippen molar-refractivity contribution in [2.45, 2.75) is 36.8 Å². The molecule has 0 bridgehead atoms. The molecule has 13 heteroatoms. The van der Waals surface area contributed by atoms with Crippen molar-refractivity contribution < 1.29 is 115 Å². The predicted octanol–water partition coefficient (Wildman–Crippen LogP) is -7.71. The molecule has 0 amide bonds. The normalized spacial score (nSPS) is 10.3. The summed E-state index contributed by atoms with van der Waals surface area (Å²) < 4.78 is 0. The van der Waals surface area contributed by atoms with Gasteiger partial charge in [0.05, 0.1) is 36.8 Å². The van der Waals surface area contributed by atoms with Gasteiger partial charge in [-0.25, -0.2) is 0 Å². The molecule has 0 saturated heterocycles. The van der Waals surface area contributed by atoms with Crippen LogP contribution >= 0.6 is 0 Å². The minimum absolute atomic E-state index is 0. The molecule has 122 valence electrons. The summed E-state index contributed by atoms with van der Waals surface area (Å²) in [6.45, 7) is 0. The van der Waals surface area contributed by atoms with Gasteiger partial charge in [0.1, 0.15) is 0 Å². The number of carboxylic acids is 4. The first-order valence-corrected chi connectivity index (χ1v) is 5.37. The summed E-state index contributed by atoms with van der Waals surface area (Å²) in [6.07, 6.45) is -3.90. The van der Waals surface area contributed by atoms with Crippen LogP contribution in [0.5, 0.6) is 0 Å².